The van der Waals surface area contributed by atoms with Gasteiger partial charge in [0.15, 0.2) is 0 Å². The number of nitrogens with one attached hydrogen (secondary N) is 2. The Kier molecular flexibility index (Phi) is 5.45. The van der Waals surface area contributed by atoms with Gasteiger partial charge in [0.05, 0.1) is 11.0 Å². The predicted octanol–water partition coefficient (Wildman–Crippen LogP) is 2.67. The van der Waals surface area contributed by atoms with Gasteiger partial charge in [0, 0.05) is 13.1 Å². The molecule has 0 atom stereocenters. The van der Waals surface area contributed by atoms with Gasteiger partial charge in [-0.2, -0.15) is 0 Å². The highest BCUT2D eigenvalue weighted by Crippen LogP contribution is 2.24. The fraction of sp³-hybridized carbons (Fsp3) is 0.462. The Morgan fingerprint density at radius 1 is 1.38 bits per heavy atom. The summed E-state index contributed by atoms with van der Waals surface area (Å²) >= 11 is 0. The van der Waals surface area contributed by atoms with Crippen molar-refractivity contribution in [3.8, 4) is 0 Å². The summed E-state index contributed by atoms with van der Waals surface area (Å²) < 4.78 is 18.0. The molecule has 116 valence electrons. The van der Waals surface area contributed by atoms with Crippen LogP contribution in [0, 0.1) is 15.9 Å². The van der Waals surface area contributed by atoms with Gasteiger partial charge < -0.3 is 15.4 Å². The first-order valence-corrected chi connectivity index (χ1v) is 6.34. The first-order valence-electron chi connectivity index (χ1n) is 6.34. The van der Waals surface area contributed by atoms with Crippen molar-refractivity contribution in [2.45, 2.75) is 26.4 Å². The van der Waals surface area contributed by atoms with Crippen LogP contribution < -0.4 is 10.6 Å². The van der Waals surface area contributed by atoms with Gasteiger partial charge in [0.1, 0.15) is 17.1 Å². The SMILES string of the molecule is CC(C)(C)OC(=O)NCCNc1ccc(F)cc1[N+](=O)[O-]. The lowest BCUT2D eigenvalue weighted by molar-refractivity contribution is -0.384. The van der Waals surface area contributed by atoms with E-state index in [9.17, 15) is 19.3 Å². The minimum atomic E-state index is -0.681. The number of ether oxygens (including phenoxy) is 1. The van der Waals surface area contributed by atoms with Crippen molar-refractivity contribution in [2.24, 2.45) is 0 Å². The lowest BCUT2D eigenvalue weighted by atomic mass is 10.2. The number of hydrogen-bond donors (Lipinski definition) is 2. The van der Waals surface area contributed by atoms with Gasteiger partial charge in [0.25, 0.3) is 5.69 Å². The number of carbonyl (C=O) groups is 1. The quantitative estimate of drug-likeness (QED) is 0.495. The maximum Gasteiger partial charge on any atom is 0.407 e. The smallest absolute Gasteiger partial charge is 0.407 e. The summed E-state index contributed by atoms with van der Waals surface area (Å²) in [5, 5.41) is 16.0. The summed E-state index contributed by atoms with van der Waals surface area (Å²) in [6.07, 6.45) is -0.571. The van der Waals surface area contributed by atoms with Gasteiger partial charge in [-0.15, -0.1) is 0 Å². The van der Waals surface area contributed by atoms with Crippen LogP contribution in [-0.4, -0.2) is 29.7 Å². The average Bonchev–Trinajstić information content (AvgIpc) is 2.33. The van der Waals surface area contributed by atoms with Gasteiger partial charge in [-0.25, -0.2) is 9.18 Å². The van der Waals surface area contributed by atoms with Gasteiger partial charge >= 0.3 is 6.09 Å². The molecule has 2 N–H and O–H groups in total. The van der Waals surface area contributed by atoms with Crippen LogP contribution in [0.2, 0.25) is 0 Å². The zero-order valence-electron chi connectivity index (χ0n) is 12.1. The number of alkyl carbamates (subject to hydrolysis) is 1. The third-order valence-corrected chi connectivity index (χ3v) is 2.27. The number of hydrogen-bond acceptors (Lipinski definition) is 5. The molecule has 0 heterocycles. The molecule has 0 aliphatic heterocycles. The molecule has 0 unspecified atom stereocenters. The van der Waals surface area contributed by atoms with Crippen LogP contribution >= 0.6 is 0 Å². The van der Waals surface area contributed by atoms with Gasteiger partial charge in [-0.05, 0) is 32.9 Å². The Labute approximate surface area is 121 Å². The first-order chi connectivity index (χ1) is 9.69. The molecule has 7 nitrogen and oxygen atoms in total. The number of nitrogens with zero attached hydrogens (tertiary/aromatic N) is 1. The maximum absolute atomic E-state index is 13.0. The van der Waals surface area contributed by atoms with Crippen molar-refractivity contribution in [2.75, 3.05) is 18.4 Å². The Bertz CT molecular complexity index is 529. The molecule has 1 amide bonds. The highest BCUT2D eigenvalue weighted by molar-refractivity contribution is 5.67. The predicted molar refractivity (Wildman–Crippen MR) is 75.8 cm³/mol. The van der Waals surface area contributed by atoms with Crippen molar-refractivity contribution in [3.63, 3.8) is 0 Å². The molecule has 21 heavy (non-hydrogen) atoms. The van der Waals surface area contributed by atoms with E-state index in [0.29, 0.717) is 0 Å². The molecule has 0 aromatic heterocycles. The van der Waals surface area contributed by atoms with E-state index in [0.717, 1.165) is 12.1 Å². The average molecular weight is 299 g/mol. The fourth-order valence-electron chi connectivity index (χ4n) is 1.48. The largest absolute Gasteiger partial charge is 0.444 e. The summed E-state index contributed by atoms with van der Waals surface area (Å²) in [5.41, 5.74) is -0.757. The molecular formula is C13H18FN3O4. The molecule has 1 rings (SSSR count). The number of amides is 1. The third-order valence-electron chi connectivity index (χ3n) is 2.27. The molecule has 0 fully saturated rings. The van der Waals surface area contributed by atoms with Gasteiger partial charge in [-0.3, -0.25) is 10.1 Å². The van der Waals surface area contributed by atoms with Crippen LogP contribution in [0.1, 0.15) is 20.8 Å². The molecule has 0 saturated heterocycles. The summed E-state index contributed by atoms with van der Waals surface area (Å²) in [6.45, 7) is 5.68. The van der Waals surface area contributed by atoms with Crippen molar-refractivity contribution in [1.82, 2.24) is 5.32 Å². The molecule has 0 bridgehead atoms. The summed E-state index contributed by atoms with van der Waals surface area (Å²) in [6, 6.07) is 3.24. The first kappa shape index (κ1) is 16.7. The topological polar surface area (TPSA) is 93.5 Å². The van der Waals surface area contributed by atoms with E-state index >= 15 is 0 Å². The van der Waals surface area contributed by atoms with E-state index in [4.69, 9.17) is 4.74 Å². The molecule has 0 radical (unpaired) electrons. The molecule has 1 aromatic rings. The second kappa shape index (κ2) is 6.87. The molecular weight excluding hydrogens is 281 g/mol. The molecule has 0 aliphatic carbocycles. The van der Waals surface area contributed by atoms with Crippen LogP contribution in [0.3, 0.4) is 0 Å². The number of anilines is 1. The van der Waals surface area contributed by atoms with Crippen LogP contribution in [0.5, 0.6) is 0 Å². The van der Waals surface area contributed by atoms with E-state index in [-0.39, 0.29) is 24.5 Å². The van der Waals surface area contributed by atoms with E-state index in [1.165, 1.54) is 6.07 Å². The summed E-state index contributed by atoms with van der Waals surface area (Å²) in [4.78, 5) is 21.5. The monoisotopic (exact) mass is 299 g/mol. The van der Waals surface area contributed by atoms with Crippen molar-refractivity contribution >= 4 is 17.5 Å². The molecule has 0 spiro atoms. The Hall–Kier alpha value is -2.38. The van der Waals surface area contributed by atoms with Gasteiger partial charge in [0.2, 0.25) is 0 Å². The van der Waals surface area contributed by atoms with Crippen LogP contribution in [0.25, 0.3) is 0 Å². The molecule has 0 aliphatic rings. The summed E-state index contributed by atoms with van der Waals surface area (Å²) in [7, 11) is 0. The molecule has 8 heteroatoms. The highest BCUT2D eigenvalue weighted by atomic mass is 19.1. The molecule has 0 saturated carbocycles. The lowest BCUT2D eigenvalue weighted by Crippen LogP contribution is -2.35. The standard InChI is InChI=1S/C13H18FN3O4/c1-13(2,3)21-12(18)16-7-6-15-10-5-4-9(14)8-11(10)17(19)20/h4-5,8,15H,6-7H2,1-3H3,(H,16,18). The Morgan fingerprint density at radius 3 is 2.62 bits per heavy atom. The number of nitro groups is 1. The molecule has 1 aromatic carbocycles. The van der Waals surface area contributed by atoms with Crippen LogP contribution in [0.15, 0.2) is 18.2 Å². The van der Waals surface area contributed by atoms with Gasteiger partial charge in [-0.1, -0.05) is 0 Å². The number of halogens is 1. The summed E-state index contributed by atoms with van der Waals surface area (Å²) in [5.74, 6) is -0.681. The number of rotatable bonds is 5. The zero-order chi connectivity index (χ0) is 16.0. The maximum atomic E-state index is 13.0. The van der Waals surface area contributed by atoms with E-state index < -0.39 is 22.4 Å². The van der Waals surface area contributed by atoms with Crippen molar-refractivity contribution in [1.29, 1.82) is 0 Å². The minimum absolute atomic E-state index is 0.187. The number of benzene rings is 1. The zero-order valence-corrected chi connectivity index (χ0v) is 12.1. The minimum Gasteiger partial charge on any atom is -0.444 e. The van der Waals surface area contributed by atoms with E-state index in [1.54, 1.807) is 20.8 Å². The van der Waals surface area contributed by atoms with E-state index in [2.05, 4.69) is 10.6 Å². The Balaban J connectivity index is 2.47. The number of carbonyl (C=O) groups excluding carboxylic acids is 1. The lowest BCUT2D eigenvalue weighted by Gasteiger charge is -2.19. The third kappa shape index (κ3) is 6.07. The second-order valence-corrected chi connectivity index (χ2v) is 5.27. The normalized spacial score (nSPS) is 10.9. The van der Waals surface area contributed by atoms with E-state index in [1.807, 2.05) is 0 Å². The highest BCUT2D eigenvalue weighted by Gasteiger charge is 2.16. The van der Waals surface area contributed by atoms with Crippen LogP contribution in [0.4, 0.5) is 20.6 Å². The fourth-order valence-corrected chi connectivity index (χ4v) is 1.48. The van der Waals surface area contributed by atoms with Crippen molar-refractivity contribution < 1.29 is 18.8 Å². The van der Waals surface area contributed by atoms with Crippen LogP contribution in [-0.2, 0) is 4.74 Å². The van der Waals surface area contributed by atoms with Crippen molar-refractivity contribution in [3.05, 3.63) is 34.1 Å². The second-order valence-electron chi connectivity index (χ2n) is 5.27. The Morgan fingerprint density at radius 2 is 2.05 bits per heavy atom. The number of nitro benzene ring substituents is 1.